The third-order valence-corrected chi connectivity index (χ3v) is 1.46. The summed E-state index contributed by atoms with van der Waals surface area (Å²) in [4.78, 5) is 0. The molecule has 0 aliphatic heterocycles. The highest BCUT2D eigenvalue weighted by Gasteiger charge is 1.94. The third-order valence-electron chi connectivity index (χ3n) is 1.46. The van der Waals surface area contributed by atoms with Crippen molar-refractivity contribution in [3.8, 4) is 0 Å². The quantitative estimate of drug-likeness (QED) is 0.586. The Hall–Kier alpha value is -0.120. The summed E-state index contributed by atoms with van der Waals surface area (Å²) in [7, 11) is 0. The minimum Gasteiger partial charge on any atom is -0.377 e. The normalized spacial score (nSPS) is 11.5. The second kappa shape index (κ2) is 8.48. The van der Waals surface area contributed by atoms with E-state index in [0.717, 1.165) is 26.3 Å². The number of rotatable bonds is 8. The molecule has 0 heterocycles. The topological polar surface area (TPSA) is 30.5 Å². The van der Waals surface area contributed by atoms with Crippen LogP contribution in [0.25, 0.3) is 0 Å². The van der Waals surface area contributed by atoms with Gasteiger partial charge in [0.2, 0.25) is 0 Å². The van der Waals surface area contributed by atoms with Crippen molar-refractivity contribution in [1.29, 1.82) is 0 Å². The third kappa shape index (κ3) is 11.9. The first-order chi connectivity index (χ1) is 6.13. The Kier molecular flexibility index (Phi) is 8.40. The maximum Gasteiger partial charge on any atom is 0.0594 e. The van der Waals surface area contributed by atoms with Gasteiger partial charge in [0.25, 0.3) is 0 Å². The van der Waals surface area contributed by atoms with E-state index in [0.29, 0.717) is 12.2 Å². The molecule has 0 bridgehead atoms. The van der Waals surface area contributed by atoms with Gasteiger partial charge in [0.1, 0.15) is 0 Å². The van der Waals surface area contributed by atoms with Crippen molar-refractivity contribution in [2.75, 3.05) is 26.3 Å². The van der Waals surface area contributed by atoms with Gasteiger partial charge < -0.3 is 14.8 Å². The van der Waals surface area contributed by atoms with E-state index in [1.807, 2.05) is 27.7 Å². The van der Waals surface area contributed by atoms with Gasteiger partial charge in [-0.2, -0.15) is 0 Å². The molecule has 0 amide bonds. The van der Waals surface area contributed by atoms with Crippen LogP contribution in [0, 0.1) is 0 Å². The molecule has 1 N–H and O–H groups in total. The molecule has 0 aromatic carbocycles. The molecule has 0 fully saturated rings. The summed E-state index contributed by atoms with van der Waals surface area (Å²) < 4.78 is 10.7. The zero-order valence-corrected chi connectivity index (χ0v) is 9.30. The molecule has 0 saturated heterocycles. The maximum atomic E-state index is 5.37. The predicted molar refractivity (Wildman–Crippen MR) is 55.0 cm³/mol. The van der Waals surface area contributed by atoms with E-state index in [9.17, 15) is 0 Å². The van der Waals surface area contributed by atoms with Crippen LogP contribution >= 0.6 is 0 Å². The van der Waals surface area contributed by atoms with Crippen LogP contribution in [0.1, 0.15) is 27.7 Å². The van der Waals surface area contributed by atoms with Gasteiger partial charge in [-0.3, -0.25) is 0 Å². The monoisotopic (exact) mass is 189 g/mol. The van der Waals surface area contributed by atoms with Crippen molar-refractivity contribution in [2.24, 2.45) is 0 Å². The average molecular weight is 189 g/mol. The van der Waals surface area contributed by atoms with Gasteiger partial charge in [0.15, 0.2) is 0 Å². The lowest BCUT2D eigenvalue weighted by atomic mass is 10.5. The number of nitrogens with one attached hydrogen (secondary N) is 1. The number of hydrogen-bond acceptors (Lipinski definition) is 3. The first-order valence-electron chi connectivity index (χ1n) is 5.07. The van der Waals surface area contributed by atoms with E-state index in [1.165, 1.54) is 0 Å². The molecule has 0 aromatic rings. The van der Waals surface area contributed by atoms with Crippen molar-refractivity contribution < 1.29 is 9.47 Å². The fourth-order valence-corrected chi connectivity index (χ4v) is 0.859. The van der Waals surface area contributed by atoms with E-state index in [1.54, 1.807) is 0 Å². The fourth-order valence-electron chi connectivity index (χ4n) is 0.859. The lowest BCUT2D eigenvalue weighted by Crippen LogP contribution is -2.25. The number of ether oxygens (including phenoxy) is 2. The smallest absolute Gasteiger partial charge is 0.0594 e. The Bertz CT molecular complexity index is 93.1. The van der Waals surface area contributed by atoms with Crippen molar-refractivity contribution in [3.63, 3.8) is 0 Å². The van der Waals surface area contributed by atoms with Gasteiger partial charge in [-0.1, -0.05) is 0 Å². The molecule has 0 aliphatic carbocycles. The Balaban J connectivity index is 2.92. The summed E-state index contributed by atoms with van der Waals surface area (Å²) in [5, 5.41) is 3.25. The molecule has 13 heavy (non-hydrogen) atoms. The van der Waals surface area contributed by atoms with Crippen LogP contribution in [0.3, 0.4) is 0 Å². The minimum atomic E-state index is 0.328. The highest BCUT2D eigenvalue weighted by Crippen LogP contribution is 1.86. The van der Waals surface area contributed by atoms with E-state index in [-0.39, 0.29) is 0 Å². The Morgan fingerprint density at radius 1 is 0.846 bits per heavy atom. The van der Waals surface area contributed by atoms with Crippen molar-refractivity contribution in [1.82, 2.24) is 5.32 Å². The molecule has 3 heteroatoms. The molecule has 0 rings (SSSR count). The van der Waals surface area contributed by atoms with Gasteiger partial charge in [-0.25, -0.2) is 0 Å². The zero-order valence-electron chi connectivity index (χ0n) is 9.30. The Labute approximate surface area is 81.8 Å². The van der Waals surface area contributed by atoms with Crippen LogP contribution in [0.15, 0.2) is 0 Å². The number of hydrogen-bond donors (Lipinski definition) is 1. The minimum absolute atomic E-state index is 0.328. The summed E-state index contributed by atoms with van der Waals surface area (Å²) in [6.45, 7) is 11.5. The molecular weight excluding hydrogens is 166 g/mol. The van der Waals surface area contributed by atoms with Gasteiger partial charge >= 0.3 is 0 Å². The van der Waals surface area contributed by atoms with Crippen LogP contribution in [0.5, 0.6) is 0 Å². The predicted octanol–water partition coefficient (Wildman–Crippen LogP) is 1.43. The van der Waals surface area contributed by atoms with Crippen LogP contribution in [-0.2, 0) is 9.47 Å². The van der Waals surface area contributed by atoms with Gasteiger partial charge in [0, 0.05) is 13.1 Å². The fraction of sp³-hybridized carbons (Fsp3) is 1.00. The molecule has 0 aliphatic rings. The van der Waals surface area contributed by atoms with E-state index in [4.69, 9.17) is 9.47 Å². The van der Waals surface area contributed by atoms with Crippen LogP contribution in [0.4, 0.5) is 0 Å². The molecule has 80 valence electrons. The van der Waals surface area contributed by atoms with Gasteiger partial charge in [-0.15, -0.1) is 0 Å². The van der Waals surface area contributed by atoms with Crippen molar-refractivity contribution >= 4 is 0 Å². The van der Waals surface area contributed by atoms with E-state index >= 15 is 0 Å². The SMILES string of the molecule is CC(C)OCCNCCOC(C)C. The summed E-state index contributed by atoms with van der Waals surface area (Å²) in [6, 6.07) is 0. The molecule has 3 nitrogen and oxygen atoms in total. The second-order valence-corrected chi connectivity index (χ2v) is 3.59. The molecule has 0 atom stereocenters. The maximum absolute atomic E-state index is 5.37. The molecule has 0 saturated carbocycles. The zero-order chi connectivity index (χ0) is 10.1. The van der Waals surface area contributed by atoms with Crippen LogP contribution in [0.2, 0.25) is 0 Å². The standard InChI is InChI=1S/C10H23NO2/c1-9(2)12-7-5-11-6-8-13-10(3)4/h9-11H,5-8H2,1-4H3. The summed E-state index contributed by atoms with van der Waals surface area (Å²) in [5.41, 5.74) is 0. The average Bonchev–Trinajstić information content (AvgIpc) is 2.01. The van der Waals surface area contributed by atoms with Crippen LogP contribution in [-0.4, -0.2) is 38.5 Å². The lowest BCUT2D eigenvalue weighted by molar-refractivity contribution is 0.0689. The summed E-state index contributed by atoms with van der Waals surface area (Å²) in [5.74, 6) is 0. The highest BCUT2D eigenvalue weighted by atomic mass is 16.5. The summed E-state index contributed by atoms with van der Waals surface area (Å²) in [6.07, 6.45) is 0.655. The Morgan fingerprint density at radius 2 is 1.23 bits per heavy atom. The summed E-state index contributed by atoms with van der Waals surface area (Å²) >= 11 is 0. The molecular formula is C10H23NO2. The molecule has 0 radical (unpaired) electrons. The lowest BCUT2D eigenvalue weighted by Gasteiger charge is -2.10. The van der Waals surface area contributed by atoms with Crippen molar-refractivity contribution in [2.45, 2.75) is 39.9 Å². The second-order valence-electron chi connectivity index (χ2n) is 3.59. The van der Waals surface area contributed by atoms with E-state index < -0.39 is 0 Å². The molecule has 0 aromatic heterocycles. The largest absolute Gasteiger partial charge is 0.377 e. The first kappa shape index (κ1) is 12.9. The Morgan fingerprint density at radius 3 is 1.54 bits per heavy atom. The van der Waals surface area contributed by atoms with Gasteiger partial charge in [-0.05, 0) is 27.7 Å². The van der Waals surface area contributed by atoms with Gasteiger partial charge in [0.05, 0.1) is 25.4 Å². The van der Waals surface area contributed by atoms with Crippen LogP contribution < -0.4 is 5.32 Å². The first-order valence-corrected chi connectivity index (χ1v) is 5.07. The van der Waals surface area contributed by atoms with Crippen molar-refractivity contribution in [3.05, 3.63) is 0 Å². The molecule has 0 unspecified atom stereocenters. The highest BCUT2D eigenvalue weighted by molar-refractivity contribution is 4.47. The molecule has 0 spiro atoms. The van der Waals surface area contributed by atoms with E-state index in [2.05, 4.69) is 5.32 Å².